The van der Waals surface area contributed by atoms with Crippen molar-refractivity contribution >= 4 is 8.32 Å². The molecular weight excluding hydrogens is 368 g/mol. The molecule has 0 amide bonds. The molecule has 0 radical (unpaired) electrons. The van der Waals surface area contributed by atoms with Gasteiger partial charge in [-0.3, -0.25) is 0 Å². The summed E-state index contributed by atoms with van der Waals surface area (Å²) in [6.45, 7) is 16.5. The van der Waals surface area contributed by atoms with E-state index in [4.69, 9.17) is 19.0 Å². The van der Waals surface area contributed by atoms with Crippen LogP contribution >= 0.6 is 0 Å². The summed E-state index contributed by atoms with van der Waals surface area (Å²) in [6, 6.07) is 0. The molecule has 0 aromatic rings. The van der Waals surface area contributed by atoms with Crippen LogP contribution in [-0.4, -0.2) is 44.6 Å². The second-order valence-corrected chi connectivity index (χ2v) is 14.9. The van der Waals surface area contributed by atoms with Crippen LogP contribution < -0.4 is 0 Å². The largest absolute Gasteiger partial charge is 0.414 e. The predicted molar refractivity (Wildman–Crippen MR) is 120 cm³/mol. The number of hydrogen-bond donors (Lipinski definition) is 1. The minimum Gasteiger partial charge on any atom is -0.414 e. The second kappa shape index (κ2) is 11.8. The Morgan fingerprint density at radius 1 is 1.11 bits per heavy atom. The second-order valence-electron chi connectivity index (χ2n) is 10.2. The molecule has 1 saturated heterocycles. The van der Waals surface area contributed by atoms with Crippen LogP contribution in [0.1, 0.15) is 86.0 Å². The Morgan fingerprint density at radius 3 is 2.25 bits per heavy atom. The van der Waals surface area contributed by atoms with Gasteiger partial charge in [0, 0.05) is 12.7 Å². The highest BCUT2D eigenvalue weighted by Gasteiger charge is 2.39. The number of aliphatic hydroxyl groups is 1. The van der Waals surface area contributed by atoms with Crippen LogP contribution in [0.2, 0.25) is 18.1 Å². The Hall–Kier alpha value is -0.203. The van der Waals surface area contributed by atoms with E-state index in [1.165, 1.54) is 25.7 Å². The average Bonchev–Trinajstić information content (AvgIpc) is 2.91. The molecule has 2 unspecified atom stereocenters. The molecule has 0 saturated carbocycles. The summed E-state index contributed by atoms with van der Waals surface area (Å²) in [5, 5.41) is 9.10. The topological polar surface area (TPSA) is 47.9 Å². The maximum absolute atomic E-state index is 8.87. The Balaban J connectivity index is 2.50. The lowest BCUT2D eigenvalue weighted by atomic mass is 10.1. The van der Waals surface area contributed by atoms with E-state index in [0.717, 1.165) is 25.7 Å². The lowest BCUT2D eigenvalue weighted by molar-refractivity contribution is -0.133. The normalized spacial score (nSPS) is 21.5. The zero-order chi connectivity index (χ0) is 21.3. The average molecular weight is 415 g/mol. The number of ether oxygens (including phenoxy) is 2. The van der Waals surface area contributed by atoms with Gasteiger partial charge in [-0.05, 0) is 51.2 Å². The van der Waals surface area contributed by atoms with Crippen LogP contribution in [0.15, 0.2) is 12.2 Å². The van der Waals surface area contributed by atoms with E-state index in [1.54, 1.807) is 0 Å². The third-order valence-corrected chi connectivity index (χ3v) is 10.5. The molecule has 1 N–H and O–H groups in total. The van der Waals surface area contributed by atoms with Gasteiger partial charge in [-0.2, -0.15) is 0 Å². The fraction of sp³-hybridized carbons (Fsp3) is 0.913. The lowest BCUT2D eigenvalue weighted by Gasteiger charge is -2.39. The molecule has 28 heavy (non-hydrogen) atoms. The van der Waals surface area contributed by atoms with Crippen LogP contribution in [0.3, 0.4) is 0 Å². The molecular formula is C23H46O4Si. The maximum atomic E-state index is 8.87. The molecule has 1 heterocycles. The highest BCUT2D eigenvalue weighted by atomic mass is 28.4. The molecule has 1 aliphatic rings. The van der Waals surface area contributed by atoms with Crippen molar-refractivity contribution in [1.29, 1.82) is 0 Å². The van der Waals surface area contributed by atoms with E-state index in [0.29, 0.717) is 13.2 Å². The van der Waals surface area contributed by atoms with Crippen molar-refractivity contribution in [3.63, 3.8) is 0 Å². The number of aliphatic hydroxyl groups excluding tert-OH is 1. The Bertz CT molecular complexity index is 454. The van der Waals surface area contributed by atoms with Gasteiger partial charge < -0.3 is 19.0 Å². The van der Waals surface area contributed by atoms with Crippen molar-refractivity contribution in [3.8, 4) is 0 Å². The fourth-order valence-electron chi connectivity index (χ4n) is 3.20. The molecule has 0 aromatic heterocycles. The smallest absolute Gasteiger partial charge is 0.192 e. The van der Waals surface area contributed by atoms with Gasteiger partial charge in [-0.15, -0.1) is 0 Å². The summed E-state index contributed by atoms with van der Waals surface area (Å²) in [5.41, 5.74) is 0. The number of hydrogen-bond acceptors (Lipinski definition) is 4. The van der Waals surface area contributed by atoms with Crippen LogP contribution in [0.5, 0.6) is 0 Å². The van der Waals surface area contributed by atoms with Crippen molar-refractivity contribution in [2.45, 2.75) is 122 Å². The zero-order valence-electron chi connectivity index (χ0n) is 19.6. The fourth-order valence-corrected chi connectivity index (χ4v) is 4.60. The van der Waals surface area contributed by atoms with Gasteiger partial charge in [-0.25, -0.2) is 0 Å². The minimum absolute atomic E-state index is 0.0510. The van der Waals surface area contributed by atoms with Gasteiger partial charge in [0.05, 0.1) is 6.61 Å². The molecule has 4 nitrogen and oxygen atoms in total. The van der Waals surface area contributed by atoms with E-state index in [-0.39, 0.29) is 17.2 Å². The molecule has 1 fully saturated rings. The first kappa shape index (κ1) is 25.8. The third kappa shape index (κ3) is 10.0. The van der Waals surface area contributed by atoms with Crippen molar-refractivity contribution in [1.82, 2.24) is 0 Å². The Labute approximate surface area is 175 Å². The summed E-state index contributed by atoms with van der Waals surface area (Å²) < 4.78 is 18.2. The molecule has 0 aliphatic carbocycles. The van der Waals surface area contributed by atoms with Gasteiger partial charge in [0.2, 0.25) is 0 Å². The zero-order valence-corrected chi connectivity index (χ0v) is 20.6. The van der Waals surface area contributed by atoms with E-state index in [1.807, 2.05) is 13.8 Å². The lowest BCUT2D eigenvalue weighted by Crippen LogP contribution is -2.43. The molecule has 0 aromatic carbocycles. The van der Waals surface area contributed by atoms with E-state index >= 15 is 0 Å². The number of rotatable bonds is 13. The van der Waals surface area contributed by atoms with Crippen LogP contribution in [0.25, 0.3) is 0 Å². The summed E-state index contributed by atoms with van der Waals surface area (Å²) in [7, 11) is -1.78. The van der Waals surface area contributed by atoms with Gasteiger partial charge >= 0.3 is 0 Å². The molecule has 1 aliphatic heterocycles. The first-order chi connectivity index (χ1) is 13.0. The van der Waals surface area contributed by atoms with E-state index in [9.17, 15) is 0 Å². The quantitative estimate of drug-likeness (QED) is 0.221. The summed E-state index contributed by atoms with van der Waals surface area (Å²) in [5.74, 6) is -0.470. The monoisotopic (exact) mass is 414 g/mol. The SMILES string of the molecule is CC1(C)OCC(/C=C\CC(CCCCCCCCO)O[Si](C)(C)C(C)(C)C)O1. The highest BCUT2D eigenvalue weighted by molar-refractivity contribution is 6.74. The molecule has 2 atom stereocenters. The molecule has 1 rings (SSSR count). The van der Waals surface area contributed by atoms with Crippen molar-refractivity contribution in [2.75, 3.05) is 13.2 Å². The van der Waals surface area contributed by atoms with Gasteiger partial charge in [-0.1, -0.05) is 65.0 Å². The van der Waals surface area contributed by atoms with Crippen LogP contribution in [0.4, 0.5) is 0 Å². The summed E-state index contributed by atoms with van der Waals surface area (Å²) in [4.78, 5) is 0. The highest BCUT2D eigenvalue weighted by Crippen LogP contribution is 2.38. The first-order valence-corrected chi connectivity index (χ1v) is 14.1. The molecule has 166 valence electrons. The minimum atomic E-state index is -1.78. The third-order valence-electron chi connectivity index (χ3n) is 5.98. The molecule has 5 heteroatoms. The van der Waals surface area contributed by atoms with Gasteiger partial charge in [0.25, 0.3) is 0 Å². The van der Waals surface area contributed by atoms with Gasteiger partial charge in [0.1, 0.15) is 6.10 Å². The first-order valence-electron chi connectivity index (χ1n) is 11.2. The molecule has 0 spiro atoms. The van der Waals surface area contributed by atoms with Crippen molar-refractivity contribution < 1.29 is 19.0 Å². The molecule has 0 bridgehead atoms. The van der Waals surface area contributed by atoms with Crippen LogP contribution in [-0.2, 0) is 13.9 Å². The Kier molecular flexibility index (Phi) is 10.9. The summed E-state index contributed by atoms with van der Waals surface area (Å²) >= 11 is 0. The standard InChI is InChI=1S/C23H46O4Si/c1-22(2,3)28(6,7)27-20(15-12-10-8-9-11-13-18-24)16-14-17-21-19-25-23(4,5)26-21/h14,17,20-21,24H,8-13,15-16,18-19H2,1-7H3/b17-14-. The number of unbranched alkanes of at least 4 members (excludes halogenated alkanes) is 5. The van der Waals surface area contributed by atoms with Crippen molar-refractivity contribution in [2.24, 2.45) is 0 Å². The van der Waals surface area contributed by atoms with Crippen molar-refractivity contribution in [3.05, 3.63) is 12.2 Å². The van der Waals surface area contributed by atoms with E-state index in [2.05, 4.69) is 46.0 Å². The van der Waals surface area contributed by atoms with E-state index < -0.39 is 14.1 Å². The summed E-state index contributed by atoms with van der Waals surface area (Å²) in [6.07, 6.45) is 13.8. The Morgan fingerprint density at radius 2 is 1.71 bits per heavy atom. The predicted octanol–water partition coefficient (Wildman–Crippen LogP) is 6.20. The van der Waals surface area contributed by atoms with Crippen LogP contribution in [0, 0.1) is 0 Å². The van der Waals surface area contributed by atoms with Gasteiger partial charge in [0.15, 0.2) is 14.1 Å². The maximum Gasteiger partial charge on any atom is 0.192 e.